The van der Waals surface area contributed by atoms with Crippen LogP contribution in [0.15, 0.2) is 36.4 Å². The summed E-state index contributed by atoms with van der Waals surface area (Å²) in [4.78, 5) is 12.9. The molecule has 0 saturated heterocycles. The number of benzene rings is 2. The van der Waals surface area contributed by atoms with Crippen molar-refractivity contribution in [2.45, 2.75) is 53.4 Å². The van der Waals surface area contributed by atoms with E-state index in [0.29, 0.717) is 0 Å². The van der Waals surface area contributed by atoms with Crippen LogP contribution in [0.3, 0.4) is 0 Å². The van der Waals surface area contributed by atoms with E-state index in [9.17, 15) is 4.79 Å². The molecule has 0 aliphatic rings. The van der Waals surface area contributed by atoms with Gasteiger partial charge in [0, 0.05) is 5.56 Å². The van der Waals surface area contributed by atoms with Crippen LogP contribution in [0.1, 0.15) is 61.2 Å². The van der Waals surface area contributed by atoms with Crippen molar-refractivity contribution in [3.8, 4) is 5.75 Å². The molecule has 2 rings (SSSR count). The first kappa shape index (κ1) is 19.7. The number of carbonyl (C=O) groups is 1. The lowest BCUT2D eigenvalue weighted by molar-refractivity contribution is 0.108. The second-order valence-electron chi connectivity index (χ2n) is 7.56. The molecule has 0 aromatic heterocycles. The first-order chi connectivity index (χ1) is 11.7. The van der Waals surface area contributed by atoms with E-state index in [-0.39, 0.29) is 19.5 Å². The summed E-state index contributed by atoms with van der Waals surface area (Å²) < 4.78 is 5.60. The van der Waals surface area contributed by atoms with Crippen LogP contribution in [0, 0.1) is 13.8 Å². The maximum atomic E-state index is 12.9. The van der Waals surface area contributed by atoms with Gasteiger partial charge in [0.05, 0.1) is 6.61 Å². The van der Waals surface area contributed by atoms with Crippen LogP contribution in [0.4, 0.5) is 0 Å². The molecule has 1 atom stereocenters. The third-order valence-corrected chi connectivity index (χ3v) is 5.31. The SMILES string of the molecule is CCCOc1ccc(PC(=O)c2c(C)cc(C(C)(C)C)cc2C)cc1. The fourth-order valence-electron chi connectivity index (χ4n) is 2.80. The minimum atomic E-state index is 0.0910. The second kappa shape index (κ2) is 8.15. The molecule has 2 aromatic carbocycles. The highest BCUT2D eigenvalue weighted by molar-refractivity contribution is 7.66. The summed E-state index contributed by atoms with van der Waals surface area (Å²) >= 11 is 0. The Morgan fingerprint density at radius 1 is 1.04 bits per heavy atom. The Bertz CT molecular complexity index is 717. The van der Waals surface area contributed by atoms with Crippen molar-refractivity contribution in [2.75, 3.05) is 6.61 Å². The Balaban J connectivity index is 2.18. The number of rotatable bonds is 6. The Hall–Kier alpha value is -1.66. The Labute approximate surface area is 153 Å². The average molecular weight is 356 g/mol. The summed E-state index contributed by atoms with van der Waals surface area (Å²) in [6.45, 7) is 13.5. The number of aryl methyl sites for hydroxylation is 2. The highest BCUT2D eigenvalue weighted by Crippen LogP contribution is 2.30. The van der Waals surface area contributed by atoms with Gasteiger partial charge in [-0.3, -0.25) is 4.79 Å². The molecule has 0 heterocycles. The minimum Gasteiger partial charge on any atom is -0.494 e. The molecule has 0 saturated carbocycles. The Morgan fingerprint density at radius 2 is 1.60 bits per heavy atom. The van der Waals surface area contributed by atoms with E-state index in [1.54, 1.807) is 0 Å². The van der Waals surface area contributed by atoms with Crippen LogP contribution in [-0.2, 0) is 5.41 Å². The van der Waals surface area contributed by atoms with Gasteiger partial charge in [0.1, 0.15) is 5.75 Å². The van der Waals surface area contributed by atoms with Crippen molar-refractivity contribution < 1.29 is 9.53 Å². The van der Waals surface area contributed by atoms with Crippen LogP contribution in [0.5, 0.6) is 5.75 Å². The molecule has 0 N–H and O–H groups in total. The van der Waals surface area contributed by atoms with Crippen molar-refractivity contribution in [2.24, 2.45) is 0 Å². The van der Waals surface area contributed by atoms with Gasteiger partial charge in [-0.2, -0.15) is 0 Å². The molecular formula is C22H29O2P. The van der Waals surface area contributed by atoms with Gasteiger partial charge in [-0.15, -0.1) is 0 Å². The molecule has 0 fully saturated rings. The van der Waals surface area contributed by atoms with Gasteiger partial charge >= 0.3 is 0 Å². The Kier molecular flexibility index (Phi) is 6.41. The molecule has 0 bridgehead atoms. The van der Waals surface area contributed by atoms with Gasteiger partial charge < -0.3 is 4.74 Å². The van der Waals surface area contributed by atoms with Crippen molar-refractivity contribution in [3.63, 3.8) is 0 Å². The van der Waals surface area contributed by atoms with Crippen LogP contribution < -0.4 is 10.0 Å². The van der Waals surface area contributed by atoms with Gasteiger partial charge in [-0.05, 0) is 68.4 Å². The summed E-state index contributed by atoms with van der Waals surface area (Å²) in [7, 11) is 0.136. The van der Waals surface area contributed by atoms with Gasteiger partial charge in [0.25, 0.3) is 0 Å². The lowest BCUT2D eigenvalue weighted by atomic mass is 9.84. The van der Waals surface area contributed by atoms with Gasteiger partial charge in [-0.25, -0.2) is 0 Å². The summed E-state index contributed by atoms with van der Waals surface area (Å²) in [5, 5.41) is 1.05. The van der Waals surface area contributed by atoms with E-state index in [0.717, 1.165) is 40.8 Å². The second-order valence-corrected chi connectivity index (χ2v) is 8.84. The normalized spacial score (nSPS) is 11.9. The van der Waals surface area contributed by atoms with Crippen LogP contribution >= 0.6 is 8.58 Å². The summed E-state index contributed by atoms with van der Waals surface area (Å²) in [5.74, 6) is 0.866. The molecule has 0 aliphatic carbocycles. The van der Waals surface area contributed by atoms with Crippen LogP contribution in [-0.4, -0.2) is 12.1 Å². The third-order valence-electron chi connectivity index (χ3n) is 4.21. The topological polar surface area (TPSA) is 26.3 Å². The van der Waals surface area contributed by atoms with E-state index in [4.69, 9.17) is 4.74 Å². The lowest BCUT2D eigenvalue weighted by Crippen LogP contribution is -2.13. The molecule has 0 amide bonds. The molecule has 25 heavy (non-hydrogen) atoms. The zero-order chi connectivity index (χ0) is 18.6. The predicted molar refractivity (Wildman–Crippen MR) is 109 cm³/mol. The van der Waals surface area contributed by atoms with Crippen molar-refractivity contribution >= 4 is 19.4 Å². The molecule has 0 radical (unpaired) electrons. The van der Waals surface area contributed by atoms with Gasteiger partial charge in [0.15, 0.2) is 5.52 Å². The van der Waals surface area contributed by atoms with Gasteiger partial charge in [0.2, 0.25) is 0 Å². The molecule has 2 nitrogen and oxygen atoms in total. The number of ether oxygens (including phenoxy) is 1. The maximum absolute atomic E-state index is 12.9. The zero-order valence-electron chi connectivity index (χ0n) is 16.2. The number of hydrogen-bond donors (Lipinski definition) is 0. The minimum absolute atomic E-state index is 0.0910. The van der Waals surface area contributed by atoms with E-state index >= 15 is 0 Å². The largest absolute Gasteiger partial charge is 0.494 e. The standard InChI is InChI=1S/C22H29O2P/c1-7-12-24-18-8-10-19(11-9-18)25-21(23)20-15(2)13-17(14-16(20)3)22(4,5)6/h8-11,13-14,25H,7,12H2,1-6H3. The highest BCUT2D eigenvalue weighted by atomic mass is 31.1. The lowest BCUT2D eigenvalue weighted by Gasteiger charge is -2.22. The fourth-order valence-corrected chi connectivity index (χ4v) is 3.92. The van der Waals surface area contributed by atoms with E-state index < -0.39 is 0 Å². The average Bonchev–Trinajstić information content (AvgIpc) is 2.52. The molecule has 2 aromatic rings. The highest BCUT2D eigenvalue weighted by Gasteiger charge is 2.19. The smallest absolute Gasteiger partial charge is 0.186 e. The van der Waals surface area contributed by atoms with Crippen LogP contribution in [0.2, 0.25) is 0 Å². The van der Waals surface area contributed by atoms with Gasteiger partial charge in [-0.1, -0.05) is 52.0 Å². The van der Waals surface area contributed by atoms with Crippen LogP contribution in [0.25, 0.3) is 0 Å². The van der Waals surface area contributed by atoms with E-state index in [1.807, 2.05) is 38.1 Å². The number of hydrogen-bond acceptors (Lipinski definition) is 2. The zero-order valence-corrected chi connectivity index (χ0v) is 17.2. The molecular weight excluding hydrogens is 327 g/mol. The first-order valence-electron chi connectivity index (χ1n) is 8.88. The quantitative estimate of drug-likeness (QED) is 0.636. The summed E-state index contributed by atoms with van der Waals surface area (Å²) in [6, 6.07) is 12.2. The molecule has 0 aliphatic heterocycles. The first-order valence-corrected chi connectivity index (χ1v) is 9.88. The predicted octanol–water partition coefficient (Wildman–Crippen LogP) is 5.53. The van der Waals surface area contributed by atoms with E-state index in [2.05, 4.69) is 39.8 Å². The Morgan fingerprint density at radius 3 is 2.08 bits per heavy atom. The van der Waals surface area contributed by atoms with Crippen molar-refractivity contribution in [1.82, 2.24) is 0 Å². The molecule has 1 unspecified atom stereocenters. The fraction of sp³-hybridized carbons (Fsp3) is 0.409. The molecule has 3 heteroatoms. The summed E-state index contributed by atoms with van der Waals surface area (Å²) in [6.07, 6.45) is 0.991. The third kappa shape index (κ3) is 5.16. The molecule has 0 spiro atoms. The molecule has 134 valence electrons. The number of carbonyl (C=O) groups excluding carboxylic acids is 1. The van der Waals surface area contributed by atoms with Crippen molar-refractivity contribution in [3.05, 3.63) is 58.7 Å². The van der Waals surface area contributed by atoms with Crippen molar-refractivity contribution in [1.29, 1.82) is 0 Å². The van der Waals surface area contributed by atoms with E-state index in [1.165, 1.54) is 5.56 Å². The maximum Gasteiger partial charge on any atom is 0.186 e. The summed E-state index contributed by atoms with van der Waals surface area (Å²) in [5.41, 5.74) is 4.60. The monoisotopic (exact) mass is 356 g/mol.